The summed E-state index contributed by atoms with van der Waals surface area (Å²) in [6.07, 6.45) is 5.33. The highest BCUT2D eigenvalue weighted by Crippen LogP contribution is 2.31. The topological polar surface area (TPSA) is 97.4 Å². The number of halogens is 2. The van der Waals surface area contributed by atoms with Gasteiger partial charge >= 0.3 is 5.97 Å². The van der Waals surface area contributed by atoms with Crippen molar-refractivity contribution >= 4 is 55.8 Å². The van der Waals surface area contributed by atoms with Crippen LogP contribution in [-0.2, 0) is 21.9 Å². The second-order valence-electron chi connectivity index (χ2n) is 6.84. The summed E-state index contributed by atoms with van der Waals surface area (Å²) in [6.45, 7) is -0.765. The van der Waals surface area contributed by atoms with Gasteiger partial charge in [-0.05, 0) is 42.5 Å². The molecular weight excluding hydrogens is 463 g/mol. The van der Waals surface area contributed by atoms with Crippen LogP contribution in [0.5, 0.6) is 0 Å². The zero-order chi connectivity index (χ0) is 22.3. The first-order valence-corrected chi connectivity index (χ1v) is 11.1. The van der Waals surface area contributed by atoms with Gasteiger partial charge in [-0.15, -0.1) is 0 Å². The normalized spacial score (nSPS) is 11.7. The standard InChI is InChI=1S/C20H16Cl2N4O4S/c1-24-10-19(23-12-24)25-5-4-13-6-16(2-3-18(13)25)26(11-20(27)28)31(29,30)17-8-14(21)7-15(22)9-17/h2-10,12H,11H2,1H3,(H,27,28). The molecule has 160 valence electrons. The fraction of sp³-hybridized carbons (Fsp3) is 0.100. The van der Waals surface area contributed by atoms with Crippen molar-refractivity contribution in [1.82, 2.24) is 14.1 Å². The van der Waals surface area contributed by atoms with Gasteiger partial charge in [0.1, 0.15) is 6.54 Å². The highest BCUT2D eigenvalue weighted by atomic mass is 35.5. The molecule has 0 saturated carbocycles. The molecule has 0 unspecified atom stereocenters. The van der Waals surface area contributed by atoms with Gasteiger partial charge in [0.05, 0.1) is 22.4 Å². The Kier molecular flexibility index (Phi) is 5.42. The molecule has 0 fully saturated rings. The average molecular weight is 479 g/mol. The highest BCUT2D eigenvalue weighted by Gasteiger charge is 2.28. The van der Waals surface area contributed by atoms with Gasteiger partial charge in [0.2, 0.25) is 0 Å². The molecule has 4 aromatic rings. The van der Waals surface area contributed by atoms with E-state index in [4.69, 9.17) is 23.2 Å². The molecule has 0 aliphatic rings. The number of hydrogen-bond donors (Lipinski definition) is 1. The third-order valence-electron chi connectivity index (χ3n) is 4.60. The van der Waals surface area contributed by atoms with Gasteiger partial charge in [0.25, 0.3) is 10.0 Å². The molecule has 31 heavy (non-hydrogen) atoms. The van der Waals surface area contributed by atoms with Crippen molar-refractivity contribution in [3.05, 3.63) is 71.2 Å². The lowest BCUT2D eigenvalue weighted by Gasteiger charge is -2.23. The zero-order valence-electron chi connectivity index (χ0n) is 16.1. The van der Waals surface area contributed by atoms with Gasteiger partial charge in [-0.25, -0.2) is 13.4 Å². The van der Waals surface area contributed by atoms with Crippen LogP contribution in [0.4, 0.5) is 5.69 Å². The van der Waals surface area contributed by atoms with Crippen LogP contribution in [0.1, 0.15) is 0 Å². The molecule has 0 spiro atoms. The van der Waals surface area contributed by atoms with Crippen LogP contribution in [0.25, 0.3) is 16.7 Å². The minimum Gasteiger partial charge on any atom is -0.480 e. The first-order valence-electron chi connectivity index (χ1n) is 8.95. The maximum atomic E-state index is 13.3. The second-order valence-corrected chi connectivity index (χ2v) is 9.57. The monoisotopic (exact) mass is 478 g/mol. The molecule has 0 amide bonds. The minimum absolute atomic E-state index is 0.129. The smallest absolute Gasteiger partial charge is 0.324 e. The number of benzene rings is 2. The van der Waals surface area contributed by atoms with E-state index in [0.717, 1.165) is 15.2 Å². The Balaban J connectivity index is 1.82. The van der Waals surface area contributed by atoms with Gasteiger partial charge in [-0.3, -0.25) is 13.7 Å². The first-order chi connectivity index (χ1) is 14.6. The average Bonchev–Trinajstić information content (AvgIpc) is 3.30. The molecule has 2 aromatic heterocycles. The minimum atomic E-state index is -4.24. The van der Waals surface area contributed by atoms with E-state index in [1.807, 2.05) is 28.6 Å². The van der Waals surface area contributed by atoms with Crippen molar-refractivity contribution in [2.24, 2.45) is 7.05 Å². The van der Waals surface area contributed by atoms with E-state index in [9.17, 15) is 18.3 Å². The Morgan fingerprint density at radius 1 is 1.13 bits per heavy atom. The van der Waals surface area contributed by atoms with Gasteiger partial charge in [0.15, 0.2) is 5.82 Å². The van der Waals surface area contributed by atoms with Crippen LogP contribution < -0.4 is 4.31 Å². The molecule has 0 radical (unpaired) electrons. The molecule has 0 aliphatic heterocycles. The fourth-order valence-electron chi connectivity index (χ4n) is 3.25. The number of anilines is 1. The van der Waals surface area contributed by atoms with Gasteiger partial charge in [0, 0.05) is 34.9 Å². The number of hydrogen-bond acceptors (Lipinski definition) is 4. The molecule has 1 N–H and O–H groups in total. The molecule has 11 heteroatoms. The molecule has 0 saturated heterocycles. The van der Waals surface area contributed by atoms with Crippen LogP contribution >= 0.6 is 23.2 Å². The summed E-state index contributed by atoms with van der Waals surface area (Å²) >= 11 is 11.9. The number of aromatic nitrogens is 3. The third-order valence-corrected chi connectivity index (χ3v) is 6.79. The van der Waals surface area contributed by atoms with Crippen molar-refractivity contribution < 1.29 is 18.3 Å². The molecule has 0 atom stereocenters. The number of aryl methyl sites for hydroxylation is 1. The van der Waals surface area contributed by atoms with Crippen molar-refractivity contribution in [1.29, 1.82) is 0 Å². The number of carboxylic acid groups (broad SMARTS) is 1. The van der Waals surface area contributed by atoms with Crippen molar-refractivity contribution in [2.45, 2.75) is 4.90 Å². The third kappa shape index (κ3) is 4.12. The van der Waals surface area contributed by atoms with E-state index in [0.29, 0.717) is 5.82 Å². The molecule has 4 rings (SSSR count). The summed E-state index contributed by atoms with van der Waals surface area (Å²) < 4.78 is 31.0. The van der Waals surface area contributed by atoms with Crippen molar-refractivity contribution in [3.8, 4) is 5.82 Å². The van der Waals surface area contributed by atoms with Crippen LogP contribution in [0.2, 0.25) is 10.0 Å². The molecule has 2 heterocycles. The second kappa shape index (κ2) is 7.92. The van der Waals surface area contributed by atoms with E-state index >= 15 is 0 Å². The molecule has 0 bridgehead atoms. The largest absolute Gasteiger partial charge is 0.480 e. The first kappa shape index (κ1) is 21.2. The van der Waals surface area contributed by atoms with E-state index < -0.39 is 22.5 Å². The number of aliphatic carboxylic acids is 1. The lowest BCUT2D eigenvalue weighted by atomic mass is 10.2. The summed E-state index contributed by atoms with van der Waals surface area (Å²) in [5, 5.41) is 10.3. The molecule has 8 nitrogen and oxygen atoms in total. The van der Waals surface area contributed by atoms with Crippen LogP contribution in [0.15, 0.2) is 66.1 Å². The van der Waals surface area contributed by atoms with Gasteiger partial charge in [-0.1, -0.05) is 23.2 Å². The Morgan fingerprint density at radius 3 is 2.45 bits per heavy atom. The zero-order valence-corrected chi connectivity index (χ0v) is 18.4. The summed E-state index contributed by atoms with van der Waals surface area (Å²) in [7, 11) is -2.39. The SMILES string of the molecule is Cn1cnc(-n2ccc3cc(N(CC(=O)O)S(=O)(=O)c4cc(Cl)cc(Cl)c4)ccc32)c1. The predicted octanol–water partition coefficient (Wildman–Crippen LogP) is 3.95. The lowest BCUT2D eigenvalue weighted by Crippen LogP contribution is -2.35. The Bertz CT molecular complexity index is 1390. The Hall–Kier alpha value is -3.01. The van der Waals surface area contributed by atoms with Crippen LogP contribution in [0, 0.1) is 0 Å². The number of carbonyl (C=O) groups is 1. The maximum absolute atomic E-state index is 13.3. The lowest BCUT2D eigenvalue weighted by molar-refractivity contribution is -0.135. The summed E-state index contributed by atoms with van der Waals surface area (Å²) in [6, 6.07) is 10.5. The predicted molar refractivity (Wildman–Crippen MR) is 119 cm³/mol. The number of fused-ring (bicyclic) bond motifs is 1. The number of imidazole rings is 1. The summed E-state index contributed by atoms with van der Waals surface area (Å²) in [4.78, 5) is 15.6. The highest BCUT2D eigenvalue weighted by molar-refractivity contribution is 7.92. The van der Waals surface area contributed by atoms with E-state index in [1.54, 1.807) is 30.6 Å². The number of carboxylic acids is 1. The Labute approximate surface area is 187 Å². The van der Waals surface area contributed by atoms with E-state index in [2.05, 4.69) is 4.98 Å². The number of sulfonamides is 1. The number of rotatable bonds is 6. The van der Waals surface area contributed by atoms with Gasteiger partial charge < -0.3 is 9.67 Å². The van der Waals surface area contributed by atoms with E-state index in [-0.39, 0.29) is 20.6 Å². The maximum Gasteiger partial charge on any atom is 0.324 e. The summed E-state index contributed by atoms with van der Waals surface area (Å²) in [5.74, 6) is -0.600. The molecular formula is C20H16Cl2N4O4S. The molecule has 2 aromatic carbocycles. The van der Waals surface area contributed by atoms with Crippen molar-refractivity contribution in [2.75, 3.05) is 10.8 Å². The quantitative estimate of drug-likeness (QED) is 0.452. The molecule has 0 aliphatic carbocycles. The Morgan fingerprint density at radius 2 is 1.84 bits per heavy atom. The van der Waals surface area contributed by atoms with Gasteiger partial charge in [-0.2, -0.15) is 0 Å². The summed E-state index contributed by atoms with van der Waals surface area (Å²) in [5.41, 5.74) is 0.991. The van der Waals surface area contributed by atoms with Crippen LogP contribution in [-0.4, -0.2) is 40.2 Å². The van der Waals surface area contributed by atoms with Crippen molar-refractivity contribution in [3.63, 3.8) is 0 Å². The van der Waals surface area contributed by atoms with E-state index in [1.165, 1.54) is 18.2 Å². The fourth-order valence-corrected chi connectivity index (χ4v) is 5.38. The number of nitrogens with zero attached hydrogens (tertiary/aromatic N) is 4. The van der Waals surface area contributed by atoms with Crippen LogP contribution in [0.3, 0.4) is 0 Å².